The zero-order valence-corrected chi connectivity index (χ0v) is 9.13. The number of nitrogens with zero attached hydrogens (tertiary/aromatic N) is 1. The summed E-state index contributed by atoms with van der Waals surface area (Å²) < 4.78 is 18.9. The number of aromatic nitrogens is 2. The maximum atomic E-state index is 13.8. The highest BCUT2D eigenvalue weighted by Gasteiger charge is 2.45. The Balaban J connectivity index is 2.32. The smallest absolute Gasteiger partial charge is 0.266 e. The van der Waals surface area contributed by atoms with Gasteiger partial charge in [0.2, 0.25) is 0 Å². The molecule has 0 aliphatic carbocycles. The highest BCUT2D eigenvalue weighted by molar-refractivity contribution is 5.16. The van der Waals surface area contributed by atoms with Crippen LogP contribution in [0.25, 0.3) is 0 Å². The van der Waals surface area contributed by atoms with E-state index in [0.717, 1.165) is 6.20 Å². The number of halogens is 1. The second-order valence-electron chi connectivity index (χ2n) is 3.97. The Bertz CT molecular complexity index is 464. The van der Waals surface area contributed by atoms with Crippen LogP contribution in [0.4, 0.5) is 4.39 Å². The summed E-state index contributed by atoms with van der Waals surface area (Å²) in [5.41, 5.74) is 0.224. The van der Waals surface area contributed by atoms with Crippen LogP contribution < -0.4 is 5.56 Å². The number of H-pyrrole nitrogens is 1. The van der Waals surface area contributed by atoms with Gasteiger partial charge in [-0.2, -0.15) is 0 Å². The Morgan fingerprint density at radius 1 is 1.65 bits per heavy atom. The van der Waals surface area contributed by atoms with E-state index >= 15 is 0 Å². The Kier molecular flexibility index (Phi) is 3.23. The molecule has 0 amide bonds. The minimum Gasteiger partial charge on any atom is -0.394 e. The average Bonchev–Trinajstić information content (AvgIpc) is 2.57. The fraction of sp³-hybridized carbons (Fsp3) is 0.600. The summed E-state index contributed by atoms with van der Waals surface area (Å²) >= 11 is 0. The first-order valence-electron chi connectivity index (χ1n) is 5.19. The first-order chi connectivity index (χ1) is 8.04. The molecule has 17 heavy (non-hydrogen) atoms. The summed E-state index contributed by atoms with van der Waals surface area (Å²) in [4.78, 5) is 17.3. The summed E-state index contributed by atoms with van der Waals surface area (Å²) in [5.74, 6) is 0. The van der Waals surface area contributed by atoms with Crippen molar-refractivity contribution < 1.29 is 19.3 Å². The van der Waals surface area contributed by atoms with Crippen molar-refractivity contribution >= 4 is 0 Å². The molecule has 0 bridgehead atoms. The van der Waals surface area contributed by atoms with Crippen LogP contribution in [0.15, 0.2) is 11.0 Å². The molecule has 94 valence electrons. The normalized spacial score (nSPS) is 32.9. The number of rotatable bonds is 2. The number of hydrogen-bond donors (Lipinski definition) is 3. The number of hydrogen-bond acceptors (Lipinski definition) is 5. The maximum absolute atomic E-state index is 13.8. The fourth-order valence-electron chi connectivity index (χ4n) is 1.89. The molecular formula is C10H13FN2O4. The third kappa shape index (κ3) is 2.08. The average molecular weight is 244 g/mol. The van der Waals surface area contributed by atoms with Gasteiger partial charge in [-0.15, -0.1) is 0 Å². The number of aromatic amines is 1. The molecule has 0 radical (unpaired) electrons. The predicted octanol–water partition coefficient (Wildman–Crippen LogP) is -0.790. The molecule has 1 aromatic rings. The van der Waals surface area contributed by atoms with Gasteiger partial charge >= 0.3 is 0 Å². The minimum absolute atomic E-state index is 0.229. The maximum Gasteiger partial charge on any atom is 0.266 e. The number of nitrogens with one attached hydrogen (secondary N) is 1. The first kappa shape index (κ1) is 12.2. The number of aliphatic hydroxyl groups is 2. The number of ether oxygens (including phenoxy) is 1. The zero-order chi connectivity index (χ0) is 12.6. The molecule has 4 atom stereocenters. The van der Waals surface area contributed by atoms with E-state index in [2.05, 4.69) is 9.97 Å². The van der Waals surface area contributed by atoms with Gasteiger partial charge in [-0.25, -0.2) is 4.39 Å². The fourth-order valence-corrected chi connectivity index (χ4v) is 1.89. The van der Waals surface area contributed by atoms with Gasteiger partial charge in [0.1, 0.15) is 18.3 Å². The monoisotopic (exact) mass is 244 g/mol. The molecule has 1 aromatic heterocycles. The van der Waals surface area contributed by atoms with E-state index in [1.807, 2.05) is 0 Å². The Hall–Kier alpha value is -1.31. The Morgan fingerprint density at radius 2 is 2.35 bits per heavy atom. The van der Waals surface area contributed by atoms with Crippen molar-refractivity contribution in [2.45, 2.75) is 31.4 Å². The van der Waals surface area contributed by atoms with Crippen LogP contribution >= 0.6 is 0 Å². The summed E-state index contributed by atoms with van der Waals surface area (Å²) in [7, 11) is 0. The molecule has 6 nitrogen and oxygen atoms in total. The molecule has 0 aromatic carbocycles. The van der Waals surface area contributed by atoms with Crippen molar-refractivity contribution in [3.8, 4) is 0 Å². The van der Waals surface area contributed by atoms with Crippen LogP contribution in [0.2, 0.25) is 0 Å². The third-order valence-electron chi connectivity index (χ3n) is 2.78. The minimum atomic E-state index is -1.68. The molecule has 1 saturated heterocycles. The van der Waals surface area contributed by atoms with Crippen LogP contribution in [0.3, 0.4) is 0 Å². The van der Waals surface area contributed by atoms with Gasteiger partial charge in [0, 0.05) is 5.69 Å². The van der Waals surface area contributed by atoms with Crippen LogP contribution in [-0.4, -0.2) is 45.2 Å². The molecule has 3 N–H and O–H groups in total. The standard InChI is InChI=1S/C10H13FN2O4/c1-4-8(12-2-6(15)13-4)10-7(11)9(16)5(3-14)17-10/h2,5,7,9-10,14,16H,3H2,1H3,(H,13,15)/t5-,7+,9?,10-/m1/s1. The molecule has 0 spiro atoms. The van der Waals surface area contributed by atoms with Crippen LogP contribution in [0.5, 0.6) is 0 Å². The number of aliphatic hydroxyl groups excluding tert-OH is 2. The zero-order valence-electron chi connectivity index (χ0n) is 9.13. The van der Waals surface area contributed by atoms with Gasteiger partial charge < -0.3 is 19.9 Å². The van der Waals surface area contributed by atoms with Crippen LogP contribution in [0, 0.1) is 6.92 Å². The van der Waals surface area contributed by atoms with Crippen molar-refractivity contribution in [1.82, 2.24) is 9.97 Å². The summed E-state index contributed by atoms with van der Waals surface area (Å²) in [5, 5.41) is 18.4. The quantitative estimate of drug-likeness (QED) is 0.633. The molecule has 7 heteroatoms. The largest absolute Gasteiger partial charge is 0.394 e. The highest BCUT2D eigenvalue weighted by atomic mass is 19.1. The van der Waals surface area contributed by atoms with Crippen molar-refractivity contribution in [2.75, 3.05) is 6.61 Å². The van der Waals surface area contributed by atoms with E-state index in [9.17, 15) is 14.3 Å². The van der Waals surface area contributed by atoms with E-state index in [4.69, 9.17) is 9.84 Å². The van der Waals surface area contributed by atoms with Gasteiger partial charge in [-0.3, -0.25) is 9.78 Å². The van der Waals surface area contributed by atoms with Crippen molar-refractivity contribution in [3.05, 3.63) is 27.9 Å². The van der Waals surface area contributed by atoms with Crippen molar-refractivity contribution in [3.63, 3.8) is 0 Å². The molecule has 1 aliphatic rings. The Labute approximate surface area is 96.1 Å². The molecule has 0 saturated carbocycles. The number of alkyl halides is 1. The van der Waals surface area contributed by atoms with Gasteiger partial charge in [-0.1, -0.05) is 0 Å². The first-order valence-corrected chi connectivity index (χ1v) is 5.19. The van der Waals surface area contributed by atoms with Gasteiger partial charge in [0.25, 0.3) is 5.56 Å². The lowest BCUT2D eigenvalue weighted by atomic mass is 10.1. The topological polar surface area (TPSA) is 95.4 Å². The van der Waals surface area contributed by atoms with Gasteiger partial charge in [0.15, 0.2) is 6.17 Å². The molecule has 1 aliphatic heterocycles. The van der Waals surface area contributed by atoms with Gasteiger partial charge in [-0.05, 0) is 6.92 Å². The second kappa shape index (κ2) is 4.52. The van der Waals surface area contributed by atoms with E-state index in [1.165, 1.54) is 0 Å². The number of aryl methyl sites for hydroxylation is 1. The van der Waals surface area contributed by atoms with Crippen molar-refractivity contribution in [1.29, 1.82) is 0 Å². The SMILES string of the molecule is Cc1[nH]c(=O)cnc1[C@@H]1O[C@H](CO)C(O)[C@@H]1F. The lowest BCUT2D eigenvalue weighted by Crippen LogP contribution is -2.30. The van der Waals surface area contributed by atoms with E-state index in [-0.39, 0.29) is 11.3 Å². The lowest BCUT2D eigenvalue weighted by molar-refractivity contribution is -0.0239. The molecular weight excluding hydrogens is 231 g/mol. The second-order valence-corrected chi connectivity index (χ2v) is 3.97. The van der Waals surface area contributed by atoms with Crippen molar-refractivity contribution in [2.24, 2.45) is 0 Å². The molecule has 1 fully saturated rings. The van der Waals surface area contributed by atoms with E-state index in [1.54, 1.807) is 6.92 Å². The summed E-state index contributed by atoms with van der Waals surface area (Å²) in [6, 6.07) is 0. The highest BCUT2D eigenvalue weighted by Crippen LogP contribution is 2.35. The van der Waals surface area contributed by atoms with E-state index < -0.39 is 31.1 Å². The Morgan fingerprint density at radius 3 is 2.88 bits per heavy atom. The summed E-state index contributed by atoms with van der Waals surface area (Å²) in [6.07, 6.45) is -4.08. The third-order valence-corrected chi connectivity index (χ3v) is 2.78. The van der Waals surface area contributed by atoms with Gasteiger partial charge in [0.05, 0.1) is 18.5 Å². The lowest BCUT2D eigenvalue weighted by Gasteiger charge is -2.13. The molecule has 2 heterocycles. The van der Waals surface area contributed by atoms with E-state index in [0.29, 0.717) is 5.69 Å². The predicted molar refractivity (Wildman–Crippen MR) is 55.2 cm³/mol. The van der Waals surface area contributed by atoms with Crippen LogP contribution in [-0.2, 0) is 4.74 Å². The molecule has 1 unspecified atom stereocenters. The summed E-state index contributed by atoms with van der Waals surface area (Å²) in [6.45, 7) is 1.10. The molecule has 2 rings (SSSR count). The van der Waals surface area contributed by atoms with Crippen LogP contribution in [0.1, 0.15) is 17.5 Å².